The predicted octanol–water partition coefficient (Wildman–Crippen LogP) is 7.95. The molecule has 0 aromatic heterocycles. The van der Waals surface area contributed by atoms with Gasteiger partial charge in [-0.1, -0.05) is 80.0 Å². The maximum absolute atomic E-state index is 13.5. The van der Waals surface area contributed by atoms with E-state index in [1.54, 1.807) is 24.3 Å². The average molecular weight is 473 g/mol. The highest BCUT2D eigenvalue weighted by Gasteiger charge is 2.27. The summed E-state index contributed by atoms with van der Waals surface area (Å²) >= 11 is 1.85. The van der Waals surface area contributed by atoms with Gasteiger partial charge in [-0.15, -0.1) is 0 Å². The summed E-state index contributed by atoms with van der Waals surface area (Å²) in [7, 11) is -3.47. The van der Waals surface area contributed by atoms with Crippen LogP contribution in [0.25, 0.3) is 0 Å². The molecule has 1 aromatic carbocycles. The van der Waals surface area contributed by atoms with Crippen LogP contribution in [0.3, 0.4) is 0 Å². The summed E-state index contributed by atoms with van der Waals surface area (Å²) < 4.78 is 27.0. The highest BCUT2D eigenvalue weighted by molar-refractivity contribution is 7.99. The molecule has 1 aliphatic rings. The van der Waals surface area contributed by atoms with Gasteiger partial charge in [-0.05, 0) is 75.3 Å². The Morgan fingerprint density at radius 1 is 1.19 bits per heavy atom. The normalized spacial score (nSPS) is 18.9. The maximum Gasteiger partial charge on any atom is 0.185 e. The van der Waals surface area contributed by atoms with E-state index < -0.39 is 15.1 Å². The molecule has 0 aliphatic heterocycles. The summed E-state index contributed by atoms with van der Waals surface area (Å²) in [5, 5.41) is -0.577. The summed E-state index contributed by atoms with van der Waals surface area (Å²) in [6, 6.07) is 8.84. The van der Waals surface area contributed by atoms with Crippen molar-refractivity contribution in [2.75, 3.05) is 11.5 Å². The molecule has 0 amide bonds. The lowest BCUT2D eigenvalue weighted by Gasteiger charge is -2.33. The molecule has 0 heterocycles. The summed E-state index contributed by atoms with van der Waals surface area (Å²) in [5.74, 6) is 1.98. The van der Waals surface area contributed by atoms with Crippen LogP contribution in [-0.2, 0) is 9.84 Å². The van der Waals surface area contributed by atoms with E-state index in [4.69, 9.17) is 0 Å². The van der Waals surface area contributed by atoms with Gasteiger partial charge in [-0.3, -0.25) is 0 Å². The fraction of sp³-hybridized carbons (Fsp3) is 0.500. The van der Waals surface area contributed by atoms with Gasteiger partial charge in [0.1, 0.15) is 0 Å². The number of thioether (sulfide) groups is 1. The van der Waals surface area contributed by atoms with E-state index >= 15 is 0 Å². The Kier molecular flexibility index (Phi) is 10.1. The van der Waals surface area contributed by atoms with E-state index in [1.807, 2.05) is 37.8 Å². The third-order valence-electron chi connectivity index (χ3n) is 6.25. The Morgan fingerprint density at radius 2 is 1.88 bits per heavy atom. The number of sulfone groups is 1. The van der Waals surface area contributed by atoms with E-state index in [-0.39, 0.29) is 5.41 Å². The molecule has 0 bridgehead atoms. The topological polar surface area (TPSA) is 34.1 Å². The van der Waals surface area contributed by atoms with Crippen LogP contribution in [0.15, 0.2) is 81.8 Å². The molecular formula is C28H40O2S2. The molecule has 1 unspecified atom stereocenters. The molecule has 0 saturated carbocycles. The lowest BCUT2D eigenvalue weighted by molar-refractivity contribution is 0.377. The molecule has 0 radical (unpaired) electrons. The van der Waals surface area contributed by atoms with Crippen molar-refractivity contribution in [3.63, 3.8) is 0 Å². The Balaban J connectivity index is 2.36. The Hall–Kier alpha value is -1.52. The largest absolute Gasteiger partial charge is 0.223 e. The van der Waals surface area contributed by atoms with Gasteiger partial charge in [0.05, 0.1) is 10.1 Å². The molecule has 2 nitrogen and oxygen atoms in total. The first kappa shape index (κ1) is 26.7. The average Bonchev–Trinajstić information content (AvgIpc) is 2.73. The highest BCUT2D eigenvalue weighted by atomic mass is 32.2. The van der Waals surface area contributed by atoms with Crippen LogP contribution >= 0.6 is 11.8 Å². The van der Waals surface area contributed by atoms with Crippen molar-refractivity contribution in [1.29, 1.82) is 0 Å². The zero-order valence-corrected chi connectivity index (χ0v) is 22.3. The van der Waals surface area contributed by atoms with Gasteiger partial charge in [0.25, 0.3) is 0 Å². The van der Waals surface area contributed by atoms with E-state index in [1.165, 1.54) is 24.0 Å². The van der Waals surface area contributed by atoms with Gasteiger partial charge in [-0.2, -0.15) is 11.8 Å². The molecule has 176 valence electrons. The first-order valence-electron chi connectivity index (χ1n) is 11.7. The Morgan fingerprint density at radius 3 is 2.50 bits per heavy atom. The molecule has 4 heteroatoms. The smallest absolute Gasteiger partial charge is 0.185 e. The number of allylic oxidation sites excluding steroid dienone is 6. The van der Waals surface area contributed by atoms with Crippen molar-refractivity contribution < 1.29 is 8.42 Å². The van der Waals surface area contributed by atoms with E-state index in [0.29, 0.717) is 11.3 Å². The zero-order valence-electron chi connectivity index (χ0n) is 20.6. The standard InChI is InChI=1S/C28H40O2S2/c1-7-31-19-17-23(3)21-26(32(29,30)25-13-9-8-10-14-25)20-22(2)15-16-27-24(4)12-11-18-28(27,5)6/h8-10,13-17,20,26H,7,11-12,18-19,21H2,1-6H3. The van der Waals surface area contributed by atoms with Gasteiger partial charge in [0.15, 0.2) is 9.84 Å². The predicted molar refractivity (Wildman–Crippen MR) is 142 cm³/mol. The molecular weight excluding hydrogens is 432 g/mol. The quantitative estimate of drug-likeness (QED) is 0.197. The molecule has 32 heavy (non-hydrogen) atoms. The monoisotopic (exact) mass is 472 g/mol. The molecule has 0 saturated heterocycles. The Bertz CT molecular complexity index is 978. The minimum atomic E-state index is -3.47. The Labute approximate surface area is 200 Å². The fourth-order valence-corrected chi connectivity index (χ4v) is 6.74. The van der Waals surface area contributed by atoms with Crippen LogP contribution in [0.1, 0.15) is 67.2 Å². The van der Waals surface area contributed by atoms with Crippen molar-refractivity contribution >= 4 is 21.6 Å². The summed E-state index contributed by atoms with van der Waals surface area (Å²) in [5.41, 5.74) is 5.13. The van der Waals surface area contributed by atoms with Gasteiger partial charge in [0.2, 0.25) is 0 Å². The van der Waals surface area contributed by atoms with Gasteiger partial charge < -0.3 is 0 Å². The van der Waals surface area contributed by atoms with Crippen LogP contribution in [0.2, 0.25) is 0 Å². The van der Waals surface area contributed by atoms with Crippen LogP contribution in [0.5, 0.6) is 0 Å². The van der Waals surface area contributed by atoms with Crippen molar-refractivity contribution in [2.45, 2.75) is 77.4 Å². The minimum Gasteiger partial charge on any atom is -0.223 e. The fourth-order valence-electron chi connectivity index (χ4n) is 4.34. The second kappa shape index (κ2) is 12.1. The van der Waals surface area contributed by atoms with E-state index in [0.717, 1.165) is 29.1 Å². The zero-order chi connectivity index (χ0) is 23.8. The van der Waals surface area contributed by atoms with Crippen LogP contribution in [0, 0.1) is 5.41 Å². The third kappa shape index (κ3) is 7.52. The molecule has 2 rings (SSSR count). The van der Waals surface area contributed by atoms with Crippen molar-refractivity contribution in [3.05, 3.63) is 76.9 Å². The summed E-state index contributed by atoms with van der Waals surface area (Å²) in [6.45, 7) is 13.0. The van der Waals surface area contributed by atoms with E-state index in [2.05, 4.69) is 45.9 Å². The second-order valence-corrected chi connectivity index (χ2v) is 13.0. The molecule has 0 fully saturated rings. The maximum atomic E-state index is 13.5. The van der Waals surface area contributed by atoms with Gasteiger partial charge in [0, 0.05) is 5.75 Å². The SMILES string of the molecule is CCSCC=C(C)CC(C=C(C)C=CC1=C(C)CCCC1(C)C)S(=O)(=O)c1ccccc1. The van der Waals surface area contributed by atoms with Crippen molar-refractivity contribution in [3.8, 4) is 0 Å². The third-order valence-corrected chi connectivity index (χ3v) is 9.09. The highest BCUT2D eigenvalue weighted by Crippen LogP contribution is 2.40. The second-order valence-electron chi connectivity index (χ2n) is 9.49. The lowest BCUT2D eigenvalue weighted by atomic mass is 9.72. The van der Waals surface area contributed by atoms with Gasteiger partial charge in [-0.25, -0.2) is 8.42 Å². The first-order chi connectivity index (χ1) is 15.1. The van der Waals surface area contributed by atoms with Crippen molar-refractivity contribution in [1.82, 2.24) is 0 Å². The first-order valence-corrected chi connectivity index (χ1v) is 14.4. The van der Waals surface area contributed by atoms with Crippen molar-refractivity contribution in [2.24, 2.45) is 5.41 Å². The molecule has 0 N–H and O–H groups in total. The number of benzene rings is 1. The number of hydrogen-bond acceptors (Lipinski definition) is 3. The number of hydrogen-bond donors (Lipinski definition) is 0. The molecule has 1 aliphatic carbocycles. The minimum absolute atomic E-state index is 0.172. The van der Waals surface area contributed by atoms with Crippen LogP contribution in [-0.4, -0.2) is 25.2 Å². The number of rotatable bonds is 10. The van der Waals surface area contributed by atoms with E-state index in [9.17, 15) is 8.42 Å². The van der Waals surface area contributed by atoms with Gasteiger partial charge >= 0.3 is 0 Å². The molecule has 1 aromatic rings. The van der Waals surface area contributed by atoms with Crippen LogP contribution < -0.4 is 0 Å². The molecule has 0 spiro atoms. The lowest BCUT2D eigenvalue weighted by Crippen LogP contribution is -2.20. The summed E-state index contributed by atoms with van der Waals surface area (Å²) in [4.78, 5) is 0.390. The van der Waals surface area contributed by atoms with Crippen LogP contribution in [0.4, 0.5) is 0 Å². The summed E-state index contributed by atoms with van der Waals surface area (Å²) in [6.07, 6.45) is 12.5. The molecule has 1 atom stereocenters.